The summed E-state index contributed by atoms with van der Waals surface area (Å²) in [5.41, 5.74) is 1.31. The highest BCUT2D eigenvalue weighted by Gasteiger charge is 2.06. The molecule has 0 fully saturated rings. The largest absolute Gasteiger partial charge is 0.383 e. The van der Waals surface area contributed by atoms with Gasteiger partial charge < -0.3 is 15.4 Å². The molecule has 2 N–H and O–H groups in total. The highest BCUT2D eigenvalue weighted by atomic mass is 16.5. The SMILES string of the molecule is COCCNCC(=O)N[C@H](C)CCc1ccccc1. The maximum absolute atomic E-state index is 11.6. The highest BCUT2D eigenvalue weighted by molar-refractivity contribution is 5.78. The number of amides is 1. The minimum atomic E-state index is 0.0386. The van der Waals surface area contributed by atoms with Crippen LogP contribution in [0.2, 0.25) is 0 Å². The van der Waals surface area contributed by atoms with Gasteiger partial charge in [-0.05, 0) is 25.3 Å². The third kappa shape index (κ3) is 7.59. The molecular formula is C15H24N2O2. The third-order valence-corrected chi connectivity index (χ3v) is 2.88. The molecule has 0 saturated heterocycles. The van der Waals surface area contributed by atoms with E-state index in [0.717, 1.165) is 12.8 Å². The van der Waals surface area contributed by atoms with Crippen molar-refractivity contribution in [2.24, 2.45) is 0 Å². The molecule has 1 aromatic carbocycles. The van der Waals surface area contributed by atoms with Crippen LogP contribution in [0.15, 0.2) is 30.3 Å². The number of rotatable bonds is 9. The van der Waals surface area contributed by atoms with E-state index < -0.39 is 0 Å². The van der Waals surface area contributed by atoms with Gasteiger partial charge in [0.05, 0.1) is 13.2 Å². The van der Waals surface area contributed by atoms with Gasteiger partial charge in [-0.15, -0.1) is 0 Å². The first kappa shape index (κ1) is 15.7. The molecule has 0 spiro atoms. The van der Waals surface area contributed by atoms with Crippen LogP contribution >= 0.6 is 0 Å². The van der Waals surface area contributed by atoms with E-state index in [0.29, 0.717) is 19.7 Å². The number of carbonyl (C=O) groups is 1. The lowest BCUT2D eigenvalue weighted by Crippen LogP contribution is -2.40. The summed E-state index contributed by atoms with van der Waals surface area (Å²) in [5.74, 6) is 0.0386. The maximum atomic E-state index is 11.6. The smallest absolute Gasteiger partial charge is 0.234 e. The number of ether oxygens (including phenoxy) is 1. The Bertz CT molecular complexity index is 354. The van der Waals surface area contributed by atoms with Crippen molar-refractivity contribution in [3.05, 3.63) is 35.9 Å². The van der Waals surface area contributed by atoms with Crippen LogP contribution in [-0.2, 0) is 16.0 Å². The Morgan fingerprint density at radius 1 is 1.32 bits per heavy atom. The summed E-state index contributed by atoms with van der Waals surface area (Å²) in [7, 11) is 1.65. The van der Waals surface area contributed by atoms with Gasteiger partial charge in [0.2, 0.25) is 5.91 Å². The first-order valence-corrected chi connectivity index (χ1v) is 6.75. The number of aryl methyl sites for hydroxylation is 1. The van der Waals surface area contributed by atoms with E-state index in [4.69, 9.17) is 4.74 Å². The topological polar surface area (TPSA) is 50.4 Å². The molecule has 1 aromatic rings. The van der Waals surface area contributed by atoms with Crippen molar-refractivity contribution < 1.29 is 9.53 Å². The summed E-state index contributed by atoms with van der Waals surface area (Å²) < 4.78 is 4.90. The second-order valence-electron chi connectivity index (χ2n) is 4.66. The Balaban J connectivity index is 2.13. The molecule has 1 amide bonds. The molecule has 1 atom stereocenters. The van der Waals surface area contributed by atoms with Crippen LogP contribution in [0.4, 0.5) is 0 Å². The summed E-state index contributed by atoms with van der Waals surface area (Å²) in [4.78, 5) is 11.6. The van der Waals surface area contributed by atoms with Crippen molar-refractivity contribution in [3.8, 4) is 0 Å². The molecular weight excluding hydrogens is 240 g/mol. The summed E-state index contributed by atoms with van der Waals surface area (Å²) in [6, 6.07) is 10.5. The Morgan fingerprint density at radius 3 is 2.74 bits per heavy atom. The quantitative estimate of drug-likeness (QED) is 0.662. The van der Waals surface area contributed by atoms with E-state index in [9.17, 15) is 4.79 Å². The van der Waals surface area contributed by atoms with Crippen molar-refractivity contribution in [2.75, 3.05) is 26.8 Å². The second-order valence-corrected chi connectivity index (χ2v) is 4.66. The van der Waals surface area contributed by atoms with Crippen LogP contribution in [0.5, 0.6) is 0 Å². The van der Waals surface area contributed by atoms with Crippen molar-refractivity contribution in [1.82, 2.24) is 10.6 Å². The average Bonchev–Trinajstić information content (AvgIpc) is 2.42. The van der Waals surface area contributed by atoms with Gasteiger partial charge >= 0.3 is 0 Å². The molecule has 0 aromatic heterocycles. The van der Waals surface area contributed by atoms with Gasteiger partial charge in [-0.2, -0.15) is 0 Å². The summed E-state index contributed by atoms with van der Waals surface area (Å²) in [6.45, 7) is 3.70. The van der Waals surface area contributed by atoms with E-state index >= 15 is 0 Å². The molecule has 4 heteroatoms. The molecule has 0 saturated carbocycles. The molecule has 0 bridgehead atoms. The average molecular weight is 264 g/mol. The molecule has 19 heavy (non-hydrogen) atoms. The van der Waals surface area contributed by atoms with Gasteiger partial charge in [0.1, 0.15) is 0 Å². The van der Waals surface area contributed by atoms with Crippen molar-refractivity contribution in [1.29, 1.82) is 0 Å². The zero-order valence-corrected chi connectivity index (χ0v) is 11.8. The Hall–Kier alpha value is -1.39. The number of carbonyl (C=O) groups excluding carboxylic acids is 1. The lowest BCUT2D eigenvalue weighted by atomic mass is 10.1. The van der Waals surface area contributed by atoms with E-state index in [-0.39, 0.29) is 11.9 Å². The predicted octanol–water partition coefficient (Wildman–Crippen LogP) is 1.36. The van der Waals surface area contributed by atoms with E-state index in [2.05, 4.69) is 22.8 Å². The molecule has 0 unspecified atom stereocenters. The molecule has 1 rings (SSSR count). The van der Waals surface area contributed by atoms with E-state index in [1.54, 1.807) is 7.11 Å². The molecule has 0 radical (unpaired) electrons. The fraction of sp³-hybridized carbons (Fsp3) is 0.533. The van der Waals surface area contributed by atoms with Crippen LogP contribution in [0.3, 0.4) is 0 Å². The van der Waals surface area contributed by atoms with Gasteiger partial charge in [0.15, 0.2) is 0 Å². The number of nitrogens with one attached hydrogen (secondary N) is 2. The highest BCUT2D eigenvalue weighted by Crippen LogP contribution is 2.04. The lowest BCUT2D eigenvalue weighted by molar-refractivity contribution is -0.120. The molecule has 0 aliphatic heterocycles. The number of hydrogen-bond acceptors (Lipinski definition) is 3. The van der Waals surface area contributed by atoms with Crippen LogP contribution in [0.1, 0.15) is 18.9 Å². The first-order valence-electron chi connectivity index (χ1n) is 6.75. The Morgan fingerprint density at radius 2 is 2.05 bits per heavy atom. The van der Waals surface area contributed by atoms with Gasteiger partial charge in [0, 0.05) is 19.7 Å². The fourth-order valence-corrected chi connectivity index (χ4v) is 1.80. The number of hydrogen-bond donors (Lipinski definition) is 2. The minimum Gasteiger partial charge on any atom is -0.383 e. The monoisotopic (exact) mass is 264 g/mol. The van der Waals surface area contributed by atoms with Gasteiger partial charge in [-0.1, -0.05) is 30.3 Å². The first-order chi connectivity index (χ1) is 9.22. The number of benzene rings is 1. The molecule has 106 valence electrons. The second kappa shape index (κ2) is 9.53. The van der Waals surface area contributed by atoms with Crippen LogP contribution < -0.4 is 10.6 Å². The third-order valence-electron chi connectivity index (χ3n) is 2.88. The summed E-state index contributed by atoms with van der Waals surface area (Å²) >= 11 is 0. The molecule has 0 heterocycles. The molecule has 0 aliphatic rings. The summed E-state index contributed by atoms with van der Waals surface area (Å²) in [6.07, 6.45) is 1.94. The normalized spacial score (nSPS) is 12.1. The standard InChI is InChI=1S/C15H24N2O2/c1-13(8-9-14-6-4-3-5-7-14)17-15(18)12-16-10-11-19-2/h3-7,13,16H,8-12H2,1-2H3,(H,17,18)/t13-/m1/s1. The Kier molecular flexibility index (Phi) is 7.86. The van der Waals surface area contributed by atoms with E-state index in [1.165, 1.54) is 5.56 Å². The fourth-order valence-electron chi connectivity index (χ4n) is 1.80. The van der Waals surface area contributed by atoms with Gasteiger partial charge in [-0.25, -0.2) is 0 Å². The molecule has 0 aliphatic carbocycles. The predicted molar refractivity (Wildman–Crippen MR) is 77.1 cm³/mol. The Labute approximate surface area is 115 Å². The maximum Gasteiger partial charge on any atom is 0.234 e. The van der Waals surface area contributed by atoms with Crippen LogP contribution in [0, 0.1) is 0 Å². The summed E-state index contributed by atoms with van der Waals surface area (Å²) in [5, 5.41) is 6.01. The zero-order valence-electron chi connectivity index (χ0n) is 11.8. The van der Waals surface area contributed by atoms with Crippen molar-refractivity contribution in [3.63, 3.8) is 0 Å². The van der Waals surface area contributed by atoms with Gasteiger partial charge in [-0.3, -0.25) is 4.79 Å². The number of methoxy groups -OCH3 is 1. The van der Waals surface area contributed by atoms with Crippen molar-refractivity contribution in [2.45, 2.75) is 25.8 Å². The zero-order chi connectivity index (χ0) is 13.9. The van der Waals surface area contributed by atoms with Crippen LogP contribution in [-0.4, -0.2) is 38.8 Å². The van der Waals surface area contributed by atoms with Crippen molar-refractivity contribution >= 4 is 5.91 Å². The molecule has 4 nitrogen and oxygen atoms in total. The van der Waals surface area contributed by atoms with Crippen LogP contribution in [0.25, 0.3) is 0 Å². The van der Waals surface area contributed by atoms with E-state index in [1.807, 2.05) is 25.1 Å². The lowest BCUT2D eigenvalue weighted by Gasteiger charge is -2.14. The minimum absolute atomic E-state index is 0.0386. The van der Waals surface area contributed by atoms with Gasteiger partial charge in [0.25, 0.3) is 0 Å².